The maximum absolute atomic E-state index is 8.39. The van der Waals surface area contributed by atoms with Gasteiger partial charge in [-0.1, -0.05) is 29.4 Å². The van der Waals surface area contributed by atoms with Gasteiger partial charge in [0, 0.05) is 36.5 Å². The van der Waals surface area contributed by atoms with E-state index in [0.717, 1.165) is 18.9 Å². The van der Waals surface area contributed by atoms with Crippen LogP contribution in [0.2, 0.25) is 6.04 Å². The summed E-state index contributed by atoms with van der Waals surface area (Å²) in [5.74, 6) is 0. The summed E-state index contributed by atoms with van der Waals surface area (Å²) in [7, 11) is -2.54. The van der Waals surface area contributed by atoms with Crippen molar-refractivity contribution < 1.29 is 13.3 Å². The second-order valence-corrected chi connectivity index (χ2v) is 7.42. The third-order valence-corrected chi connectivity index (χ3v) is 6.29. The van der Waals surface area contributed by atoms with E-state index in [2.05, 4.69) is 10.0 Å². The van der Waals surface area contributed by atoms with Crippen LogP contribution in [0.1, 0.15) is 32.8 Å². The fourth-order valence-corrected chi connectivity index (χ4v) is 4.90. The Morgan fingerprint density at radius 1 is 1.00 bits per heavy atom. The van der Waals surface area contributed by atoms with Gasteiger partial charge in [-0.25, -0.2) is 0 Å². The normalized spacial score (nSPS) is 11.2. The summed E-state index contributed by atoms with van der Waals surface area (Å²) in [6.07, 6.45) is 1.85. The van der Waals surface area contributed by atoms with Crippen LogP contribution < -0.4 is 0 Å². The summed E-state index contributed by atoms with van der Waals surface area (Å²) >= 11 is 0. The molecule has 0 saturated heterocycles. The van der Waals surface area contributed by atoms with E-state index >= 15 is 0 Å². The summed E-state index contributed by atoms with van der Waals surface area (Å²) < 4.78 is 17.5. The van der Waals surface area contributed by atoms with Gasteiger partial charge in [0.15, 0.2) is 0 Å². The van der Waals surface area contributed by atoms with E-state index < -0.39 is 8.80 Å². The lowest BCUT2D eigenvalue weighted by Gasteiger charge is -2.28. The highest BCUT2D eigenvalue weighted by Gasteiger charge is 2.39. The molecule has 0 heterocycles. The monoisotopic (exact) mass is 323 g/mol. The molecule has 0 aliphatic rings. The first-order valence-electron chi connectivity index (χ1n) is 7.75. The van der Waals surface area contributed by atoms with Gasteiger partial charge in [-0.2, -0.15) is 0 Å². The average molecular weight is 323 g/mol. The Morgan fingerprint density at radius 2 is 1.55 bits per heavy atom. The zero-order valence-corrected chi connectivity index (χ0v) is 14.6. The minimum absolute atomic E-state index is 0.604. The van der Waals surface area contributed by atoms with Crippen LogP contribution in [0.4, 0.5) is 5.69 Å². The lowest BCUT2D eigenvalue weighted by atomic mass is 10.1. The molecule has 0 spiro atoms. The Morgan fingerprint density at radius 3 is 2.00 bits per heavy atom. The summed E-state index contributed by atoms with van der Waals surface area (Å²) in [5.41, 5.74) is 10.2. The van der Waals surface area contributed by atoms with Crippen LogP contribution in [-0.2, 0) is 19.7 Å². The molecule has 0 aliphatic heterocycles. The Kier molecular flexibility index (Phi) is 8.80. The third-order valence-electron chi connectivity index (χ3n) is 3.14. The van der Waals surface area contributed by atoms with Crippen LogP contribution in [0.15, 0.2) is 29.4 Å². The topological polar surface area (TPSA) is 76.5 Å². The molecule has 0 atom stereocenters. The number of aryl methyl sites for hydroxylation is 1. The van der Waals surface area contributed by atoms with Gasteiger partial charge >= 0.3 is 8.80 Å². The van der Waals surface area contributed by atoms with E-state index in [4.69, 9.17) is 18.8 Å². The van der Waals surface area contributed by atoms with Crippen molar-refractivity contribution in [2.75, 3.05) is 19.8 Å². The summed E-state index contributed by atoms with van der Waals surface area (Å²) in [6.45, 7) is 7.71. The van der Waals surface area contributed by atoms with E-state index in [1.807, 2.05) is 45.0 Å². The molecule has 0 saturated carbocycles. The molecule has 0 bridgehead atoms. The van der Waals surface area contributed by atoms with E-state index in [1.165, 1.54) is 5.56 Å². The van der Waals surface area contributed by atoms with Crippen molar-refractivity contribution >= 4 is 14.5 Å². The fraction of sp³-hybridized carbons (Fsp3) is 0.600. The van der Waals surface area contributed by atoms with Crippen molar-refractivity contribution in [3.8, 4) is 0 Å². The minimum Gasteiger partial charge on any atom is -0.374 e. The third kappa shape index (κ3) is 6.17. The first-order valence-corrected chi connectivity index (χ1v) is 9.68. The van der Waals surface area contributed by atoms with Crippen LogP contribution in [-0.4, -0.2) is 28.6 Å². The lowest BCUT2D eigenvalue weighted by molar-refractivity contribution is 0.0708. The van der Waals surface area contributed by atoms with E-state index in [9.17, 15) is 0 Å². The summed E-state index contributed by atoms with van der Waals surface area (Å²) in [4.78, 5) is 2.77. The molecule has 0 unspecified atom stereocenters. The van der Waals surface area contributed by atoms with Crippen molar-refractivity contribution in [2.45, 2.75) is 39.7 Å². The molecule has 0 aromatic heterocycles. The molecule has 0 amide bonds. The van der Waals surface area contributed by atoms with Gasteiger partial charge in [-0.3, -0.25) is 0 Å². The second kappa shape index (κ2) is 10.4. The van der Waals surface area contributed by atoms with Crippen molar-refractivity contribution in [1.29, 1.82) is 0 Å². The number of hydrogen-bond donors (Lipinski definition) is 0. The minimum atomic E-state index is -2.54. The second-order valence-electron chi connectivity index (χ2n) is 4.69. The Hall–Kier alpha value is -1.37. The highest BCUT2D eigenvalue weighted by Crippen LogP contribution is 2.21. The standard InChI is InChI=1S/C15H25N3O3Si/c1-4-19-22(20-5-2,21-6-3)13-7-8-14-9-11-15(12-10-14)17-18-16/h9-12H,4-8,13H2,1-3H3. The highest BCUT2D eigenvalue weighted by atomic mass is 28.4. The van der Waals surface area contributed by atoms with Crippen molar-refractivity contribution in [1.82, 2.24) is 0 Å². The molecule has 0 aliphatic carbocycles. The molecule has 0 radical (unpaired) electrons. The van der Waals surface area contributed by atoms with Crippen molar-refractivity contribution in [3.63, 3.8) is 0 Å². The number of rotatable bonds is 11. The Labute approximate surface area is 133 Å². The molecular weight excluding hydrogens is 298 g/mol. The molecule has 7 heteroatoms. The predicted molar refractivity (Wildman–Crippen MR) is 89.0 cm³/mol. The van der Waals surface area contributed by atoms with Gasteiger partial charge in [0.25, 0.3) is 0 Å². The van der Waals surface area contributed by atoms with Crippen LogP contribution in [0.5, 0.6) is 0 Å². The first kappa shape index (κ1) is 18.7. The maximum Gasteiger partial charge on any atom is 0.500 e. The van der Waals surface area contributed by atoms with Gasteiger partial charge < -0.3 is 13.3 Å². The van der Waals surface area contributed by atoms with Gasteiger partial charge in [0.1, 0.15) is 0 Å². The van der Waals surface area contributed by atoms with E-state index in [1.54, 1.807) is 0 Å². The first-order chi connectivity index (χ1) is 10.7. The summed E-state index contributed by atoms with van der Waals surface area (Å²) in [5, 5.41) is 3.57. The van der Waals surface area contributed by atoms with Gasteiger partial charge in [0.2, 0.25) is 0 Å². The Balaban J connectivity index is 2.58. The predicted octanol–water partition coefficient (Wildman–Crippen LogP) is 4.61. The smallest absolute Gasteiger partial charge is 0.374 e. The van der Waals surface area contributed by atoms with Crippen LogP contribution in [0.25, 0.3) is 10.4 Å². The highest BCUT2D eigenvalue weighted by molar-refractivity contribution is 6.60. The van der Waals surface area contributed by atoms with Crippen molar-refractivity contribution in [2.24, 2.45) is 5.11 Å². The number of nitrogens with zero attached hydrogens (tertiary/aromatic N) is 3. The molecule has 0 fully saturated rings. The zero-order valence-electron chi connectivity index (χ0n) is 13.6. The van der Waals surface area contributed by atoms with E-state index in [0.29, 0.717) is 25.5 Å². The largest absolute Gasteiger partial charge is 0.500 e. The number of hydrogen-bond acceptors (Lipinski definition) is 4. The quantitative estimate of drug-likeness (QED) is 0.258. The van der Waals surface area contributed by atoms with Gasteiger partial charge in [0.05, 0.1) is 0 Å². The number of azide groups is 1. The van der Waals surface area contributed by atoms with Crippen molar-refractivity contribution in [3.05, 3.63) is 40.3 Å². The van der Waals surface area contributed by atoms with Crippen LogP contribution in [0, 0.1) is 0 Å². The molecule has 6 nitrogen and oxygen atoms in total. The van der Waals surface area contributed by atoms with E-state index in [-0.39, 0.29) is 0 Å². The van der Waals surface area contributed by atoms with Gasteiger partial charge in [-0.15, -0.1) is 0 Å². The molecule has 1 rings (SSSR count). The number of benzene rings is 1. The molecule has 0 N–H and O–H groups in total. The molecular formula is C15H25N3O3Si. The fourth-order valence-electron chi connectivity index (χ4n) is 2.29. The van der Waals surface area contributed by atoms with Gasteiger partial charge in [-0.05, 0) is 44.7 Å². The van der Waals surface area contributed by atoms with Crippen LogP contribution >= 0.6 is 0 Å². The zero-order chi connectivity index (χ0) is 16.3. The molecule has 122 valence electrons. The SMILES string of the molecule is CCO[Si](CCCc1ccc(N=[N+]=[N-])cc1)(OCC)OCC. The average Bonchev–Trinajstić information content (AvgIpc) is 2.50. The van der Waals surface area contributed by atoms with Crippen LogP contribution in [0.3, 0.4) is 0 Å². The summed E-state index contributed by atoms with van der Waals surface area (Å²) in [6, 6.07) is 8.42. The molecule has 1 aromatic rings. The lowest BCUT2D eigenvalue weighted by Crippen LogP contribution is -2.46. The maximum atomic E-state index is 8.39. The Bertz CT molecular complexity index is 458. The molecule has 22 heavy (non-hydrogen) atoms. The molecule has 1 aromatic carbocycles.